The van der Waals surface area contributed by atoms with Crippen molar-refractivity contribution in [1.29, 1.82) is 0 Å². The van der Waals surface area contributed by atoms with Crippen LogP contribution in [0.15, 0.2) is 0 Å². The van der Waals surface area contributed by atoms with Crippen molar-refractivity contribution in [2.45, 2.75) is 122 Å². The van der Waals surface area contributed by atoms with Crippen LogP contribution >= 0.6 is 23.2 Å². The Bertz CT molecular complexity index is 320. The lowest BCUT2D eigenvalue weighted by Crippen LogP contribution is -2.34. The third-order valence-electron chi connectivity index (χ3n) is 5.56. The number of carbonyl (C=O) groups excluding carboxylic acids is 1. The molecule has 1 amide bonds. The Hall–Kier alpha value is 0.0500. The van der Waals surface area contributed by atoms with E-state index >= 15 is 0 Å². The van der Waals surface area contributed by atoms with Gasteiger partial charge in [0.25, 0.3) is 0 Å². The van der Waals surface area contributed by atoms with Gasteiger partial charge in [-0.1, -0.05) is 110 Å². The van der Waals surface area contributed by atoms with E-state index in [1.165, 1.54) is 103 Å². The van der Waals surface area contributed by atoms with E-state index in [4.69, 9.17) is 23.2 Å². The molecule has 0 aliphatic heterocycles. The predicted molar refractivity (Wildman–Crippen MR) is 127 cm³/mol. The zero-order valence-corrected chi connectivity index (χ0v) is 20.2. The van der Waals surface area contributed by atoms with Gasteiger partial charge in [0.2, 0.25) is 5.91 Å². The molecule has 0 saturated carbocycles. The zero-order valence-electron chi connectivity index (χ0n) is 18.7. The third kappa shape index (κ3) is 19.4. The van der Waals surface area contributed by atoms with Crippen molar-refractivity contribution in [3.05, 3.63) is 0 Å². The summed E-state index contributed by atoms with van der Waals surface area (Å²) in [5, 5.41) is 0. The van der Waals surface area contributed by atoms with Crippen molar-refractivity contribution in [1.82, 2.24) is 4.90 Å². The van der Waals surface area contributed by atoms with Crippen LogP contribution in [0.5, 0.6) is 0 Å². The molecule has 0 heterocycles. The first-order chi connectivity index (χ1) is 13.8. The summed E-state index contributed by atoms with van der Waals surface area (Å²) in [7, 11) is 0. The summed E-state index contributed by atoms with van der Waals surface area (Å²) >= 11 is 11.5. The third-order valence-corrected chi connectivity index (χ3v) is 5.89. The lowest BCUT2D eigenvalue weighted by atomic mass is 10.0. The van der Waals surface area contributed by atoms with Gasteiger partial charge in [0.05, 0.1) is 0 Å². The Balaban J connectivity index is 3.26. The monoisotopic (exact) mass is 435 g/mol. The number of unbranched alkanes of at least 4 members (excludes halogenated alkanes) is 16. The molecule has 4 heteroatoms. The summed E-state index contributed by atoms with van der Waals surface area (Å²) in [6.07, 6.45) is 23.8. The van der Waals surface area contributed by atoms with Gasteiger partial charge in [-0.15, -0.1) is 23.2 Å². The highest BCUT2D eigenvalue weighted by molar-refractivity contribution is 6.18. The van der Waals surface area contributed by atoms with Crippen molar-refractivity contribution >= 4 is 29.1 Å². The van der Waals surface area contributed by atoms with Gasteiger partial charge >= 0.3 is 0 Å². The van der Waals surface area contributed by atoms with Crippen LogP contribution in [-0.2, 0) is 4.79 Å². The molecule has 0 bridgehead atoms. The maximum atomic E-state index is 12.1. The second kappa shape index (κ2) is 23.3. The molecule has 2 nitrogen and oxygen atoms in total. The number of alkyl halides is 2. The fraction of sp³-hybridized carbons (Fsp3) is 0.958. The second-order valence-electron chi connectivity index (χ2n) is 8.17. The number of hydrogen-bond donors (Lipinski definition) is 0. The smallest absolute Gasteiger partial charge is 0.222 e. The molecule has 0 aliphatic rings. The van der Waals surface area contributed by atoms with Gasteiger partial charge in [-0.25, -0.2) is 0 Å². The molecule has 0 aromatic carbocycles. The van der Waals surface area contributed by atoms with Gasteiger partial charge in [-0.05, 0) is 6.42 Å². The lowest BCUT2D eigenvalue weighted by Gasteiger charge is -2.20. The minimum atomic E-state index is 0.210. The highest BCUT2D eigenvalue weighted by Gasteiger charge is 2.11. The summed E-state index contributed by atoms with van der Waals surface area (Å²) in [5.74, 6) is 1.19. The largest absolute Gasteiger partial charge is 0.340 e. The SMILES string of the molecule is CCCCCCCCCCCCCCCCCCCC(=O)N(CCCl)CCCl. The van der Waals surface area contributed by atoms with Crippen LogP contribution < -0.4 is 0 Å². The van der Waals surface area contributed by atoms with Crippen LogP contribution in [0.25, 0.3) is 0 Å². The first-order valence-electron chi connectivity index (χ1n) is 12.2. The number of halogens is 2. The minimum absolute atomic E-state index is 0.210. The summed E-state index contributed by atoms with van der Waals surface area (Å²) in [6.45, 7) is 3.52. The first kappa shape index (κ1) is 28.1. The molecule has 168 valence electrons. The summed E-state index contributed by atoms with van der Waals surface area (Å²) in [5.41, 5.74) is 0. The Morgan fingerprint density at radius 3 is 1.21 bits per heavy atom. The molecule has 0 aliphatic carbocycles. The number of amides is 1. The molecule has 28 heavy (non-hydrogen) atoms. The van der Waals surface area contributed by atoms with Crippen molar-refractivity contribution in [3.63, 3.8) is 0 Å². The number of nitrogens with zero attached hydrogens (tertiary/aromatic N) is 1. The fourth-order valence-electron chi connectivity index (χ4n) is 3.72. The number of carbonyl (C=O) groups is 1. The normalized spacial score (nSPS) is 11.1. The Kier molecular flexibility index (Phi) is 23.4. The molecular formula is C24H47Cl2NO. The lowest BCUT2D eigenvalue weighted by molar-refractivity contribution is -0.130. The summed E-state index contributed by atoms with van der Waals surface area (Å²) in [6, 6.07) is 0. The van der Waals surface area contributed by atoms with Gasteiger partial charge in [0.15, 0.2) is 0 Å². The van der Waals surface area contributed by atoms with Crippen molar-refractivity contribution in [3.8, 4) is 0 Å². The van der Waals surface area contributed by atoms with Crippen LogP contribution in [0.3, 0.4) is 0 Å². The van der Waals surface area contributed by atoms with E-state index in [2.05, 4.69) is 6.92 Å². The van der Waals surface area contributed by atoms with Crippen molar-refractivity contribution in [2.75, 3.05) is 24.8 Å². The molecule has 0 rings (SSSR count). The quantitative estimate of drug-likeness (QED) is 0.123. The summed E-state index contributed by atoms with van der Waals surface area (Å²) < 4.78 is 0. The predicted octanol–water partition coefficient (Wildman–Crippen LogP) is 8.33. The van der Waals surface area contributed by atoms with E-state index in [-0.39, 0.29) is 5.91 Å². The average Bonchev–Trinajstić information content (AvgIpc) is 2.70. The minimum Gasteiger partial charge on any atom is -0.340 e. The van der Waals surface area contributed by atoms with Crippen LogP contribution in [0.4, 0.5) is 0 Å². The molecule has 0 aromatic rings. The highest BCUT2D eigenvalue weighted by atomic mass is 35.5. The van der Waals surface area contributed by atoms with E-state index in [1.807, 2.05) is 0 Å². The maximum absolute atomic E-state index is 12.1. The van der Waals surface area contributed by atoms with Crippen LogP contribution in [0.2, 0.25) is 0 Å². The average molecular weight is 437 g/mol. The molecule has 0 spiro atoms. The number of rotatable bonds is 22. The first-order valence-corrected chi connectivity index (χ1v) is 13.2. The van der Waals surface area contributed by atoms with Gasteiger partial charge in [0, 0.05) is 31.3 Å². The van der Waals surface area contributed by atoms with Crippen molar-refractivity contribution in [2.24, 2.45) is 0 Å². The molecule has 0 atom stereocenters. The molecule has 0 unspecified atom stereocenters. The van der Waals surface area contributed by atoms with E-state index < -0.39 is 0 Å². The summed E-state index contributed by atoms with van der Waals surface area (Å²) in [4.78, 5) is 13.9. The fourth-order valence-corrected chi connectivity index (χ4v) is 4.13. The topological polar surface area (TPSA) is 20.3 Å². The van der Waals surface area contributed by atoms with Crippen LogP contribution in [0, 0.1) is 0 Å². The second-order valence-corrected chi connectivity index (χ2v) is 8.92. The molecule has 0 aromatic heterocycles. The van der Waals surface area contributed by atoms with E-state index in [0.29, 0.717) is 31.3 Å². The van der Waals surface area contributed by atoms with Crippen LogP contribution in [0.1, 0.15) is 122 Å². The Morgan fingerprint density at radius 1 is 0.571 bits per heavy atom. The van der Waals surface area contributed by atoms with E-state index in [9.17, 15) is 4.79 Å². The Morgan fingerprint density at radius 2 is 0.893 bits per heavy atom. The van der Waals surface area contributed by atoms with Crippen molar-refractivity contribution < 1.29 is 4.79 Å². The van der Waals surface area contributed by atoms with Gasteiger partial charge < -0.3 is 4.90 Å². The van der Waals surface area contributed by atoms with E-state index in [0.717, 1.165) is 6.42 Å². The molecule has 0 fully saturated rings. The Labute approximate surface area is 186 Å². The van der Waals surface area contributed by atoms with Gasteiger partial charge in [-0.3, -0.25) is 4.79 Å². The molecular weight excluding hydrogens is 389 g/mol. The van der Waals surface area contributed by atoms with Gasteiger partial charge in [-0.2, -0.15) is 0 Å². The number of hydrogen-bond acceptors (Lipinski definition) is 1. The molecule has 0 N–H and O–H groups in total. The van der Waals surface area contributed by atoms with Crippen LogP contribution in [-0.4, -0.2) is 35.7 Å². The maximum Gasteiger partial charge on any atom is 0.222 e. The standard InChI is InChI=1S/C24H47Cl2NO/c1-2-3-4-5-6-7-8-9-10-11-12-13-14-15-16-17-18-19-24(28)27(22-20-25)23-21-26/h2-23H2,1H3. The van der Waals surface area contributed by atoms with Gasteiger partial charge in [0.1, 0.15) is 0 Å². The zero-order chi connectivity index (χ0) is 20.7. The highest BCUT2D eigenvalue weighted by Crippen LogP contribution is 2.14. The molecule has 0 saturated heterocycles. The van der Waals surface area contributed by atoms with E-state index in [1.54, 1.807) is 4.90 Å². The molecule has 0 radical (unpaired) electrons.